The van der Waals surface area contributed by atoms with Crippen LogP contribution in [-0.4, -0.2) is 48.9 Å². The van der Waals surface area contributed by atoms with Gasteiger partial charge in [0.15, 0.2) is 5.67 Å². The number of benzene rings is 1. The van der Waals surface area contributed by atoms with Gasteiger partial charge in [-0.3, -0.25) is 0 Å². The van der Waals surface area contributed by atoms with Crippen LogP contribution in [0.25, 0.3) is 0 Å². The third kappa shape index (κ3) is 2.03. The molecule has 2 atom stereocenters. The predicted octanol–water partition coefficient (Wildman–Crippen LogP) is 1.84. The van der Waals surface area contributed by atoms with Crippen molar-refractivity contribution in [2.75, 3.05) is 26.2 Å². The Morgan fingerprint density at radius 2 is 2.23 bits per heavy atom. The number of aliphatic imine (C=N–C) groups is 1. The topological polar surface area (TPSA) is 36.9 Å². The number of fused-ring (bicyclic) bond motifs is 1. The van der Waals surface area contributed by atoms with Crippen LogP contribution in [0.4, 0.5) is 4.39 Å². The van der Waals surface area contributed by atoms with Crippen LogP contribution < -0.4 is 5.32 Å². The van der Waals surface area contributed by atoms with E-state index in [0.29, 0.717) is 25.7 Å². The molecule has 3 aliphatic rings. The quantitative estimate of drug-likeness (QED) is 0.847. The van der Waals surface area contributed by atoms with Crippen LogP contribution in [0.1, 0.15) is 17.2 Å². The fourth-order valence-electron chi connectivity index (χ4n) is 3.45. The maximum atomic E-state index is 14.5. The highest BCUT2D eigenvalue weighted by Gasteiger charge is 2.48. The van der Waals surface area contributed by atoms with Gasteiger partial charge in [-0.25, -0.2) is 9.38 Å². The third-order valence-corrected chi connectivity index (χ3v) is 4.87. The molecule has 3 aliphatic heterocycles. The summed E-state index contributed by atoms with van der Waals surface area (Å²) in [6.45, 7) is 5.84. The molecule has 0 aromatic heterocycles. The van der Waals surface area contributed by atoms with E-state index in [4.69, 9.17) is 4.74 Å². The van der Waals surface area contributed by atoms with Crippen molar-refractivity contribution in [3.63, 3.8) is 0 Å². The van der Waals surface area contributed by atoms with Gasteiger partial charge in [0, 0.05) is 19.6 Å². The lowest BCUT2D eigenvalue weighted by Crippen LogP contribution is -2.62. The molecule has 4 nitrogen and oxygen atoms in total. The molecule has 5 heteroatoms. The van der Waals surface area contributed by atoms with Crippen molar-refractivity contribution in [2.24, 2.45) is 4.99 Å². The summed E-state index contributed by atoms with van der Waals surface area (Å²) in [6.07, 6.45) is 2.85. The molecule has 0 unspecified atom stereocenters. The SMILES string of the molecule is C=C[C@H]1c2ccccc2CCN1C1=N[C@H](C2(F)CNC2)CO1. The van der Waals surface area contributed by atoms with Gasteiger partial charge in [0.1, 0.15) is 12.6 Å². The first kappa shape index (κ1) is 13.8. The Labute approximate surface area is 129 Å². The van der Waals surface area contributed by atoms with Gasteiger partial charge in [-0.15, -0.1) is 6.58 Å². The van der Waals surface area contributed by atoms with Crippen molar-refractivity contribution in [1.82, 2.24) is 10.2 Å². The summed E-state index contributed by atoms with van der Waals surface area (Å²) in [5.41, 5.74) is 1.32. The van der Waals surface area contributed by atoms with E-state index in [0.717, 1.165) is 13.0 Å². The lowest BCUT2D eigenvalue weighted by molar-refractivity contribution is 0.0498. The number of amidine groups is 1. The molecule has 4 rings (SSSR count). The number of nitrogens with one attached hydrogen (secondary N) is 1. The van der Waals surface area contributed by atoms with E-state index in [9.17, 15) is 4.39 Å². The van der Waals surface area contributed by atoms with Crippen LogP contribution in [-0.2, 0) is 11.2 Å². The second kappa shape index (κ2) is 5.09. The van der Waals surface area contributed by atoms with Gasteiger partial charge in [0.2, 0.25) is 0 Å². The van der Waals surface area contributed by atoms with Gasteiger partial charge in [-0.1, -0.05) is 30.3 Å². The van der Waals surface area contributed by atoms with Gasteiger partial charge < -0.3 is 15.0 Å². The molecule has 3 heterocycles. The summed E-state index contributed by atoms with van der Waals surface area (Å²) < 4.78 is 20.2. The average Bonchev–Trinajstić information content (AvgIpc) is 3.01. The minimum absolute atomic E-state index is 0.0394. The van der Waals surface area contributed by atoms with Gasteiger partial charge in [0.25, 0.3) is 6.02 Å². The molecule has 116 valence electrons. The number of hydrogen-bond acceptors (Lipinski definition) is 4. The maximum absolute atomic E-state index is 14.5. The van der Waals surface area contributed by atoms with Crippen LogP contribution in [0.3, 0.4) is 0 Å². The molecule has 1 aromatic carbocycles. The first-order valence-electron chi connectivity index (χ1n) is 7.78. The van der Waals surface area contributed by atoms with E-state index in [-0.39, 0.29) is 6.04 Å². The van der Waals surface area contributed by atoms with E-state index in [1.807, 2.05) is 12.1 Å². The lowest BCUT2D eigenvalue weighted by atomic mass is 9.91. The fourth-order valence-corrected chi connectivity index (χ4v) is 3.45. The molecular weight excluding hydrogens is 281 g/mol. The molecule has 1 fully saturated rings. The van der Waals surface area contributed by atoms with Crippen molar-refractivity contribution in [3.05, 3.63) is 48.0 Å². The van der Waals surface area contributed by atoms with Crippen LogP contribution in [0.2, 0.25) is 0 Å². The van der Waals surface area contributed by atoms with E-state index < -0.39 is 11.7 Å². The summed E-state index contributed by atoms with van der Waals surface area (Å²) >= 11 is 0. The summed E-state index contributed by atoms with van der Waals surface area (Å²) in [6, 6.07) is 8.57. The summed E-state index contributed by atoms with van der Waals surface area (Å²) in [7, 11) is 0. The van der Waals surface area contributed by atoms with Crippen LogP contribution in [0, 0.1) is 0 Å². The number of halogens is 1. The number of alkyl halides is 1. The molecule has 1 aromatic rings. The number of rotatable bonds is 2. The Balaban J connectivity index is 1.60. The second-order valence-corrected chi connectivity index (χ2v) is 6.20. The first-order chi connectivity index (χ1) is 10.7. The first-order valence-corrected chi connectivity index (χ1v) is 7.78. The summed E-state index contributed by atoms with van der Waals surface area (Å²) in [5.74, 6) is 0. The molecule has 0 spiro atoms. The lowest BCUT2D eigenvalue weighted by Gasteiger charge is -2.37. The molecule has 1 saturated heterocycles. The standard InChI is InChI=1S/C17H20FN3O/c1-2-14-13-6-4-3-5-12(13)7-8-21(14)16-20-15(9-22-16)17(18)10-19-11-17/h2-6,14-15,19H,1,7-11H2/t14-,15-/m0/s1. The van der Waals surface area contributed by atoms with Crippen LogP contribution >= 0.6 is 0 Å². The fraction of sp³-hybridized carbons (Fsp3) is 0.471. The van der Waals surface area contributed by atoms with Crippen molar-refractivity contribution in [1.29, 1.82) is 0 Å². The molecule has 0 bridgehead atoms. The Hall–Kier alpha value is -1.88. The molecule has 1 N–H and O–H groups in total. The summed E-state index contributed by atoms with van der Waals surface area (Å²) in [5, 5.41) is 2.98. The number of ether oxygens (including phenoxy) is 1. The van der Waals surface area contributed by atoms with Crippen molar-refractivity contribution >= 4 is 6.02 Å². The van der Waals surface area contributed by atoms with E-state index in [1.165, 1.54) is 11.1 Å². The zero-order valence-electron chi connectivity index (χ0n) is 12.5. The Morgan fingerprint density at radius 1 is 1.41 bits per heavy atom. The second-order valence-electron chi connectivity index (χ2n) is 6.20. The molecule has 0 aliphatic carbocycles. The molecule has 0 amide bonds. The normalized spacial score (nSPS) is 29.1. The van der Waals surface area contributed by atoms with Crippen LogP contribution in [0.15, 0.2) is 41.9 Å². The smallest absolute Gasteiger partial charge is 0.288 e. The van der Waals surface area contributed by atoms with Crippen molar-refractivity contribution < 1.29 is 9.13 Å². The van der Waals surface area contributed by atoms with Gasteiger partial charge in [0.05, 0.1) is 6.04 Å². The minimum Gasteiger partial charge on any atom is -0.463 e. The Kier molecular flexibility index (Phi) is 3.18. The zero-order chi connectivity index (χ0) is 15.2. The number of nitrogens with zero attached hydrogens (tertiary/aromatic N) is 2. The monoisotopic (exact) mass is 301 g/mol. The number of hydrogen-bond donors (Lipinski definition) is 1. The van der Waals surface area contributed by atoms with Gasteiger partial charge in [-0.2, -0.15) is 0 Å². The highest BCUT2D eigenvalue weighted by atomic mass is 19.1. The Morgan fingerprint density at radius 3 is 2.95 bits per heavy atom. The third-order valence-electron chi connectivity index (χ3n) is 4.87. The minimum atomic E-state index is -1.25. The van der Waals surface area contributed by atoms with Crippen molar-refractivity contribution in [2.45, 2.75) is 24.2 Å². The highest BCUT2D eigenvalue weighted by molar-refractivity contribution is 5.77. The van der Waals surface area contributed by atoms with E-state index in [2.05, 4.69) is 40.0 Å². The van der Waals surface area contributed by atoms with E-state index >= 15 is 0 Å². The van der Waals surface area contributed by atoms with Gasteiger partial charge >= 0.3 is 0 Å². The largest absolute Gasteiger partial charge is 0.463 e. The molecular formula is C17H20FN3O. The predicted molar refractivity (Wildman–Crippen MR) is 83.7 cm³/mol. The van der Waals surface area contributed by atoms with Crippen molar-refractivity contribution in [3.8, 4) is 0 Å². The Bertz CT molecular complexity index is 626. The van der Waals surface area contributed by atoms with Crippen LogP contribution in [0.5, 0.6) is 0 Å². The zero-order valence-corrected chi connectivity index (χ0v) is 12.5. The molecule has 0 saturated carbocycles. The molecule has 22 heavy (non-hydrogen) atoms. The van der Waals surface area contributed by atoms with E-state index in [1.54, 1.807) is 0 Å². The maximum Gasteiger partial charge on any atom is 0.288 e. The summed E-state index contributed by atoms with van der Waals surface area (Å²) in [4.78, 5) is 6.64. The van der Waals surface area contributed by atoms with Gasteiger partial charge in [-0.05, 0) is 17.5 Å². The average molecular weight is 301 g/mol. The molecule has 0 radical (unpaired) electrons. The highest BCUT2D eigenvalue weighted by Crippen LogP contribution is 2.34.